The second-order valence-corrected chi connectivity index (χ2v) is 4.85. The van der Waals surface area contributed by atoms with Crippen molar-refractivity contribution in [1.82, 2.24) is 15.0 Å². The van der Waals surface area contributed by atoms with E-state index < -0.39 is 0 Å². The molecule has 1 saturated heterocycles. The van der Waals surface area contributed by atoms with E-state index in [2.05, 4.69) is 25.3 Å². The van der Waals surface area contributed by atoms with E-state index in [1.807, 2.05) is 6.92 Å². The Morgan fingerprint density at radius 1 is 1.45 bits per heavy atom. The second kappa shape index (κ2) is 7.20. The van der Waals surface area contributed by atoms with Gasteiger partial charge in [-0.1, -0.05) is 6.92 Å². The van der Waals surface area contributed by atoms with Crippen LogP contribution in [0.4, 0.5) is 11.9 Å². The fourth-order valence-corrected chi connectivity index (χ4v) is 2.24. The van der Waals surface area contributed by atoms with Crippen molar-refractivity contribution < 1.29 is 9.84 Å². The van der Waals surface area contributed by atoms with E-state index in [9.17, 15) is 0 Å². The summed E-state index contributed by atoms with van der Waals surface area (Å²) in [6.45, 7) is 4.49. The summed E-state index contributed by atoms with van der Waals surface area (Å²) in [6, 6.07) is 0.287. The third kappa shape index (κ3) is 3.67. The minimum Gasteiger partial charge on any atom is -0.463 e. The molecule has 1 unspecified atom stereocenters. The van der Waals surface area contributed by atoms with Gasteiger partial charge >= 0.3 is 6.01 Å². The average Bonchev–Trinajstić information content (AvgIpc) is 2.94. The highest BCUT2D eigenvalue weighted by molar-refractivity contribution is 5.38. The fourth-order valence-electron chi connectivity index (χ4n) is 2.24. The van der Waals surface area contributed by atoms with Gasteiger partial charge in [-0.25, -0.2) is 5.84 Å². The summed E-state index contributed by atoms with van der Waals surface area (Å²) < 4.78 is 5.45. The predicted molar refractivity (Wildman–Crippen MR) is 75.4 cm³/mol. The van der Waals surface area contributed by atoms with Crippen LogP contribution in [0.1, 0.15) is 26.2 Å². The summed E-state index contributed by atoms with van der Waals surface area (Å²) >= 11 is 0. The van der Waals surface area contributed by atoms with Gasteiger partial charge in [0.2, 0.25) is 11.9 Å². The number of rotatable bonds is 7. The van der Waals surface area contributed by atoms with Gasteiger partial charge in [-0.2, -0.15) is 15.0 Å². The first-order valence-corrected chi connectivity index (χ1v) is 6.98. The molecule has 1 atom stereocenters. The van der Waals surface area contributed by atoms with Crippen LogP contribution in [0.25, 0.3) is 0 Å². The zero-order valence-electron chi connectivity index (χ0n) is 11.7. The van der Waals surface area contributed by atoms with Crippen LogP contribution < -0.4 is 20.9 Å². The molecule has 1 fully saturated rings. The number of aliphatic hydroxyl groups excluding tert-OH is 1. The topological polar surface area (TPSA) is 109 Å². The lowest BCUT2D eigenvalue weighted by Crippen LogP contribution is -2.24. The number of hydrazine groups is 1. The molecule has 1 aromatic rings. The number of nitrogens with two attached hydrogens (primary N) is 1. The molecular weight excluding hydrogens is 260 g/mol. The number of nitrogens with zero attached hydrogens (tertiary/aromatic N) is 4. The summed E-state index contributed by atoms with van der Waals surface area (Å²) in [5.41, 5.74) is 2.44. The molecule has 1 aromatic heterocycles. The second-order valence-electron chi connectivity index (χ2n) is 4.85. The smallest absolute Gasteiger partial charge is 0.323 e. The number of nitrogens with one attached hydrogen (secondary N) is 1. The molecule has 1 aliphatic rings. The van der Waals surface area contributed by atoms with Gasteiger partial charge in [-0.05, 0) is 25.2 Å². The van der Waals surface area contributed by atoms with Gasteiger partial charge in [0.25, 0.3) is 0 Å². The first-order chi connectivity index (χ1) is 9.76. The molecule has 2 heterocycles. The van der Waals surface area contributed by atoms with Gasteiger partial charge in [-0.3, -0.25) is 5.43 Å². The molecule has 20 heavy (non-hydrogen) atoms. The molecule has 0 radical (unpaired) electrons. The zero-order chi connectivity index (χ0) is 14.4. The molecule has 0 aliphatic carbocycles. The van der Waals surface area contributed by atoms with Crippen molar-refractivity contribution in [3.63, 3.8) is 0 Å². The van der Waals surface area contributed by atoms with Crippen molar-refractivity contribution in [3.8, 4) is 6.01 Å². The largest absolute Gasteiger partial charge is 0.463 e. The maximum atomic E-state index is 9.00. The van der Waals surface area contributed by atoms with Crippen LogP contribution in [0.2, 0.25) is 0 Å². The van der Waals surface area contributed by atoms with Gasteiger partial charge in [0.15, 0.2) is 0 Å². The van der Waals surface area contributed by atoms with Gasteiger partial charge < -0.3 is 14.7 Å². The maximum absolute atomic E-state index is 9.00. The summed E-state index contributed by atoms with van der Waals surface area (Å²) in [4.78, 5) is 14.7. The molecule has 0 bridgehead atoms. The van der Waals surface area contributed by atoms with Gasteiger partial charge in [0, 0.05) is 19.7 Å². The summed E-state index contributed by atoms with van der Waals surface area (Å²) in [7, 11) is 0. The Balaban J connectivity index is 2.10. The first-order valence-electron chi connectivity index (χ1n) is 6.98. The molecule has 0 amide bonds. The average molecular weight is 282 g/mol. The number of nitrogen functional groups attached to an aromatic ring is 1. The Kier molecular flexibility index (Phi) is 5.31. The highest BCUT2D eigenvalue weighted by Gasteiger charge is 2.25. The molecular formula is C12H22N6O2. The van der Waals surface area contributed by atoms with Crippen molar-refractivity contribution in [2.75, 3.05) is 36.6 Å². The van der Waals surface area contributed by atoms with E-state index in [0.717, 1.165) is 32.4 Å². The quantitative estimate of drug-likeness (QED) is 0.479. The molecule has 0 spiro atoms. The van der Waals surface area contributed by atoms with Crippen molar-refractivity contribution in [2.24, 2.45) is 11.8 Å². The molecule has 1 aliphatic heterocycles. The normalized spacial score (nSPS) is 18.4. The van der Waals surface area contributed by atoms with Crippen LogP contribution in [0.5, 0.6) is 6.01 Å². The van der Waals surface area contributed by atoms with Crippen LogP contribution in [-0.4, -0.2) is 46.4 Å². The van der Waals surface area contributed by atoms with E-state index in [4.69, 9.17) is 15.7 Å². The standard InChI is InChI=1S/C12H22N6O2/c1-2-7-20-12-15-10(17-13)14-11(16-12)18-5-3-9(8-18)4-6-19/h9,19H,2-8,13H2,1H3,(H,14,15,16,17). The molecule has 4 N–H and O–H groups in total. The highest BCUT2D eigenvalue weighted by Crippen LogP contribution is 2.24. The third-order valence-electron chi connectivity index (χ3n) is 3.27. The lowest BCUT2D eigenvalue weighted by Gasteiger charge is -2.17. The lowest BCUT2D eigenvalue weighted by atomic mass is 10.1. The van der Waals surface area contributed by atoms with Crippen molar-refractivity contribution in [1.29, 1.82) is 0 Å². The summed E-state index contributed by atoms with van der Waals surface area (Å²) in [5.74, 6) is 6.72. The fraction of sp³-hybridized carbons (Fsp3) is 0.750. The van der Waals surface area contributed by atoms with Crippen LogP contribution in [0.15, 0.2) is 0 Å². The first kappa shape index (κ1) is 14.7. The Morgan fingerprint density at radius 2 is 2.30 bits per heavy atom. The summed E-state index contributed by atoms with van der Waals surface area (Å²) in [5, 5.41) is 9.00. The Hall–Kier alpha value is -1.67. The van der Waals surface area contributed by atoms with E-state index >= 15 is 0 Å². The molecule has 0 saturated carbocycles. The minimum atomic E-state index is 0.218. The molecule has 0 aromatic carbocycles. The van der Waals surface area contributed by atoms with Gasteiger partial charge in [0.1, 0.15) is 0 Å². The number of hydrogen-bond donors (Lipinski definition) is 3. The third-order valence-corrected chi connectivity index (χ3v) is 3.27. The van der Waals surface area contributed by atoms with Crippen LogP contribution >= 0.6 is 0 Å². The number of aliphatic hydroxyl groups is 1. The number of ether oxygens (including phenoxy) is 1. The molecule has 8 nitrogen and oxygen atoms in total. The molecule has 112 valence electrons. The Labute approximate surface area is 118 Å². The Bertz CT molecular complexity index is 430. The van der Waals surface area contributed by atoms with Crippen molar-refractivity contribution in [3.05, 3.63) is 0 Å². The highest BCUT2D eigenvalue weighted by atomic mass is 16.5. The van der Waals surface area contributed by atoms with Gasteiger partial charge in [0.05, 0.1) is 6.61 Å². The number of aromatic nitrogens is 3. The minimum absolute atomic E-state index is 0.218. The molecule has 8 heteroatoms. The van der Waals surface area contributed by atoms with Gasteiger partial charge in [-0.15, -0.1) is 0 Å². The van der Waals surface area contributed by atoms with Crippen molar-refractivity contribution >= 4 is 11.9 Å². The maximum Gasteiger partial charge on any atom is 0.323 e. The van der Waals surface area contributed by atoms with Crippen LogP contribution in [-0.2, 0) is 0 Å². The zero-order valence-corrected chi connectivity index (χ0v) is 11.7. The number of anilines is 2. The number of hydrogen-bond acceptors (Lipinski definition) is 8. The predicted octanol–water partition coefficient (Wildman–Crippen LogP) is 0.155. The van der Waals surface area contributed by atoms with Crippen LogP contribution in [0, 0.1) is 5.92 Å². The van der Waals surface area contributed by atoms with E-state index in [1.54, 1.807) is 0 Å². The monoisotopic (exact) mass is 282 g/mol. The lowest BCUT2D eigenvalue weighted by molar-refractivity contribution is 0.263. The van der Waals surface area contributed by atoms with E-state index in [-0.39, 0.29) is 12.6 Å². The summed E-state index contributed by atoms with van der Waals surface area (Å²) in [6.07, 6.45) is 2.72. The Morgan fingerprint density at radius 3 is 3.00 bits per heavy atom. The van der Waals surface area contributed by atoms with E-state index in [1.165, 1.54) is 0 Å². The van der Waals surface area contributed by atoms with Crippen LogP contribution in [0.3, 0.4) is 0 Å². The van der Waals surface area contributed by atoms with E-state index in [0.29, 0.717) is 24.4 Å². The SMILES string of the molecule is CCCOc1nc(NN)nc(N2CCC(CCO)C2)n1. The molecule has 2 rings (SSSR count). The van der Waals surface area contributed by atoms with Crippen molar-refractivity contribution in [2.45, 2.75) is 26.2 Å².